The highest BCUT2D eigenvalue weighted by Gasteiger charge is 2.11. The van der Waals surface area contributed by atoms with Crippen LogP contribution in [0.4, 0.5) is 4.39 Å². The van der Waals surface area contributed by atoms with Crippen LogP contribution in [0.3, 0.4) is 0 Å². The molecule has 1 rings (SSSR count). The summed E-state index contributed by atoms with van der Waals surface area (Å²) in [4.78, 5) is 13.4. The number of ether oxygens (including phenoxy) is 2. The van der Waals surface area contributed by atoms with Crippen LogP contribution in [0, 0.1) is 0 Å². The molecule has 5 heteroatoms. The van der Waals surface area contributed by atoms with Crippen molar-refractivity contribution in [3.8, 4) is 11.5 Å². The summed E-state index contributed by atoms with van der Waals surface area (Å²) < 4.78 is 22.9. The summed E-state index contributed by atoms with van der Waals surface area (Å²) in [6, 6.07) is 3.24. The number of hydrogen-bond acceptors (Lipinski definition) is 4. The summed E-state index contributed by atoms with van der Waals surface area (Å²) in [6.45, 7) is -0.519. The molecule has 0 bridgehead atoms. The van der Waals surface area contributed by atoms with E-state index in [0.717, 1.165) is 0 Å². The predicted molar refractivity (Wildman–Crippen MR) is 56.2 cm³/mol. The summed E-state index contributed by atoms with van der Waals surface area (Å²) in [6.07, 6.45) is 1.43. The van der Waals surface area contributed by atoms with Gasteiger partial charge in [0, 0.05) is 5.56 Å². The molecule has 0 aliphatic carbocycles. The fraction of sp³-hybridized carbons (Fsp3) is 0.364. The third-order valence-corrected chi connectivity index (χ3v) is 2.09. The van der Waals surface area contributed by atoms with E-state index in [1.54, 1.807) is 12.1 Å². The molecule has 0 heterocycles. The fourth-order valence-corrected chi connectivity index (χ4v) is 1.42. The van der Waals surface area contributed by atoms with E-state index < -0.39 is 6.67 Å². The van der Waals surface area contributed by atoms with E-state index in [4.69, 9.17) is 9.47 Å². The van der Waals surface area contributed by atoms with Crippen LogP contribution in [0.1, 0.15) is 11.1 Å². The Labute approximate surface area is 92.7 Å². The number of halogens is 1. The van der Waals surface area contributed by atoms with Gasteiger partial charge in [0.2, 0.25) is 6.08 Å². The minimum Gasteiger partial charge on any atom is -0.493 e. The maximum absolute atomic E-state index is 12.7. The van der Waals surface area contributed by atoms with Crippen LogP contribution in [0.15, 0.2) is 17.1 Å². The summed E-state index contributed by atoms with van der Waals surface area (Å²) >= 11 is 0. The standard InChI is InChI=1S/C11H12FNO3/c1-15-10-4-8(6-13-7-14)3-9(5-12)11(10)16-2/h3-4H,5-6H2,1-2H3. The van der Waals surface area contributed by atoms with Gasteiger partial charge in [0.25, 0.3) is 0 Å². The number of rotatable bonds is 5. The van der Waals surface area contributed by atoms with Crippen molar-refractivity contribution >= 4 is 6.08 Å². The monoisotopic (exact) mass is 225 g/mol. The van der Waals surface area contributed by atoms with Crippen LogP contribution >= 0.6 is 0 Å². The van der Waals surface area contributed by atoms with Crippen molar-refractivity contribution in [3.05, 3.63) is 23.3 Å². The van der Waals surface area contributed by atoms with Gasteiger partial charge in [-0.1, -0.05) is 0 Å². The van der Waals surface area contributed by atoms with E-state index in [0.29, 0.717) is 22.6 Å². The third kappa shape index (κ3) is 2.58. The second kappa shape index (κ2) is 5.88. The third-order valence-electron chi connectivity index (χ3n) is 2.09. The molecule has 16 heavy (non-hydrogen) atoms. The van der Waals surface area contributed by atoms with Gasteiger partial charge >= 0.3 is 0 Å². The molecule has 0 aliphatic heterocycles. The maximum atomic E-state index is 12.7. The summed E-state index contributed by atoms with van der Waals surface area (Å²) in [7, 11) is 2.91. The molecule has 0 saturated heterocycles. The van der Waals surface area contributed by atoms with Gasteiger partial charge in [-0.25, -0.2) is 14.2 Å². The van der Waals surface area contributed by atoms with E-state index in [-0.39, 0.29) is 6.54 Å². The van der Waals surface area contributed by atoms with Crippen LogP contribution in [-0.4, -0.2) is 20.3 Å². The van der Waals surface area contributed by atoms with Crippen molar-refractivity contribution in [3.63, 3.8) is 0 Å². The Kier molecular flexibility index (Phi) is 4.48. The first-order valence-electron chi connectivity index (χ1n) is 4.60. The summed E-state index contributed by atoms with van der Waals surface area (Å²) in [5, 5.41) is 0. The molecular weight excluding hydrogens is 213 g/mol. The van der Waals surface area contributed by atoms with Crippen LogP contribution in [-0.2, 0) is 18.0 Å². The van der Waals surface area contributed by atoms with Crippen LogP contribution in [0.5, 0.6) is 11.5 Å². The first-order valence-corrected chi connectivity index (χ1v) is 4.60. The average Bonchev–Trinajstić information content (AvgIpc) is 2.34. The summed E-state index contributed by atoms with van der Waals surface area (Å²) in [5.41, 5.74) is 1.05. The molecule has 0 saturated carbocycles. The topological polar surface area (TPSA) is 47.9 Å². The Balaban J connectivity index is 3.19. The second-order valence-electron chi connectivity index (χ2n) is 3.03. The van der Waals surface area contributed by atoms with Gasteiger partial charge < -0.3 is 9.47 Å². The zero-order valence-electron chi connectivity index (χ0n) is 9.12. The molecule has 0 N–H and O–H groups in total. The Morgan fingerprint density at radius 1 is 1.38 bits per heavy atom. The van der Waals surface area contributed by atoms with Gasteiger partial charge in [-0.3, -0.25) is 0 Å². The largest absolute Gasteiger partial charge is 0.493 e. The molecule has 0 fully saturated rings. The Morgan fingerprint density at radius 3 is 2.62 bits per heavy atom. The predicted octanol–water partition coefficient (Wildman–Crippen LogP) is 2.01. The number of alkyl halides is 1. The van der Waals surface area contributed by atoms with E-state index in [2.05, 4.69) is 4.99 Å². The van der Waals surface area contributed by atoms with Crippen molar-refractivity contribution in [2.24, 2.45) is 4.99 Å². The van der Waals surface area contributed by atoms with Gasteiger partial charge in [-0.05, 0) is 17.7 Å². The molecule has 0 spiro atoms. The smallest absolute Gasteiger partial charge is 0.235 e. The summed E-state index contributed by atoms with van der Waals surface area (Å²) in [5.74, 6) is 0.789. The molecule has 1 aromatic carbocycles. The number of hydrogen-bond donors (Lipinski definition) is 0. The van der Waals surface area contributed by atoms with Crippen LogP contribution in [0.25, 0.3) is 0 Å². The number of nitrogens with zero attached hydrogens (tertiary/aromatic N) is 1. The van der Waals surface area contributed by atoms with Crippen molar-refractivity contribution in [2.75, 3.05) is 14.2 Å². The zero-order valence-corrected chi connectivity index (χ0v) is 9.12. The van der Waals surface area contributed by atoms with Crippen molar-refractivity contribution in [1.29, 1.82) is 0 Å². The molecule has 1 aromatic rings. The lowest BCUT2D eigenvalue weighted by atomic mass is 10.1. The van der Waals surface area contributed by atoms with E-state index in [9.17, 15) is 9.18 Å². The average molecular weight is 225 g/mol. The molecule has 0 atom stereocenters. The molecule has 0 unspecified atom stereocenters. The van der Waals surface area contributed by atoms with Gasteiger partial charge in [-0.2, -0.15) is 0 Å². The minimum absolute atomic E-state index is 0.150. The van der Waals surface area contributed by atoms with Gasteiger partial charge in [0.1, 0.15) is 6.67 Å². The normalized spacial score (nSPS) is 9.44. The number of methoxy groups -OCH3 is 2. The highest BCUT2D eigenvalue weighted by atomic mass is 19.1. The van der Waals surface area contributed by atoms with E-state index >= 15 is 0 Å². The molecule has 0 aliphatic rings. The van der Waals surface area contributed by atoms with Gasteiger partial charge in [0.15, 0.2) is 11.5 Å². The zero-order chi connectivity index (χ0) is 12.0. The first kappa shape index (κ1) is 12.2. The lowest BCUT2D eigenvalue weighted by molar-refractivity contribution is 0.344. The minimum atomic E-state index is -0.668. The molecule has 4 nitrogen and oxygen atoms in total. The number of carbonyl (C=O) groups excluding carboxylic acids is 1. The molecular formula is C11H12FNO3. The SMILES string of the molecule is COc1cc(CN=C=O)cc(CF)c1OC. The molecule has 0 amide bonds. The van der Waals surface area contributed by atoms with E-state index in [1.165, 1.54) is 20.3 Å². The quantitative estimate of drug-likeness (QED) is 0.569. The lowest BCUT2D eigenvalue weighted by Gasteiger charge is -2.12. The van der Waals surface area contributed by atoms with E-state index in [1.807, 2.05) is 0 Å². The van der Waals surface area contributed by atoms with Crippen LogP contribution in [0.2, 0.25) is 0 Å². The molecule has 86 valence electrons. The fourth-order valence-electron chi connectivity index (χ4n) is 1.42. The lowest BCUT2D eigenvalue weighted by Crippen LogP contribution is -1.97. The van der Waals surface area contributed by atoms with Crippen LogP contribution < -0.4 is 9.47 Å². The number of benzene rings is 1. The van der Waals surface area contributed by atoms with Crippen molar-refractivity contribution < 1.29 is 18.7 Å². The number of isocyanates is 1. The Hall–Kier alpha value is -1.87. The maximum Gasteiger partial charge on any atom is 0.235 e. The van der Waals surface area contributed by atoms with Crippen molar-refractivity contribution in [1.82, 2.24) is 0 Å². The first-order chi connectivity index (χ1) is 7.76. The molecule has 0 radical (unpaired) electrons. The highest BCUT2D eigenvalue weighted by Crippen LogP contribution is 2.33. The molecule has 0 aromatic heterocycles. The Bertz CT molecular complexity index is 389. The Morgan fingerprint density at radius 2 is 2.12 bits per heavy atom. The van der Waals surface area contributed by atoms with Gasteiger partial charge in [0.05, 0.1) is 20.8 Å². The second-order valence-corrected chi connectivity index (χ2v) is 3.03. The van der Waals surface area contributed by atoms with Gasteiger partial charge in [-0.15, -0.1) is 0 Å². The number of aliphatic imine (C=N–C) groups is 1. The highest BCUT2D eigenvalue weighted by molar-refractivity contribution is 5.49. The van der Waals surface area contributed by atoms with Crippen molar-refractivity contribution in [2.45, 2.75) is 13.2 Å².